The van der Waals surface area contributed by atoms with Crippen LogP contribution in [-0.4, -0.2) is 18.4 Å². The standard InChI is InChI=1S/C13H15N3O2S3/c1-9-16-11(7-20-9)6-15-21(17,18)8-10-4-2-3-5-12(10)13(14)19/h2-5,7,15H,6,8H2,1H3,(H2,14,19). The first-order valence-corrected chi connectivity index (χ1v) is 9.07. The number of nitrogens with zero attached hydrogens (tertiary/aromatic N) is 1. The van der Waals surface area contributed by atoms with Crippen molar-refractivity contribution in [2.24, 2.45) is 5.73 Å². The van der Waals surface area contributed by atoms with E-state index in [-0.39, 0.29) is 17.3 Å². The van der Waals surface area contributed by atoms with Crippen LogP contribution in [0.5, 0.6) is 0 Å². The van der Waals surface area contributed by atoms with E-state index in [0.717, 1.165) is 5.01 Å². The Morgan fingerprint density at radius 3 is 2.76 bits per heavy atom. The summed E-state index contributed by atoms with van der Waals surface area (Å²) >= 11 is 6.42. The van der Waals surface area contributed by atoms with Gasteiger partial charge in [-0.2, -0.15) is 0 Å². The Bertz CT molecular complexity index is 754. The van der Waals surface area contributed by atoms with Gasteiger partial charge >= 0.3 is 0 Å². The molecule has 112 valence electrons. The van der Waals surface area contributed by atoms with Crippen LogP contribution in [0.3, 0.4) is 0 Å². The highest BCUT2D eigenvalue weighted by Crippen LogP contribution is 2.13. The number of benzene rings is 1. The molecule has 1 aromatic carbocycles. The largest absolute Gasteiger partial charge is 0.389 e. The van der Waals surface area contributed by atoms with E-state index in [1.165, 1.54) is 11.3 Å². The smallest absolute Gasteiger partial charge is 0.216 e. The molecule has 1 heterocycles. The maximum Gasteiger partial charge on any atom is 0.216 e. The number of rotatable bonds is 6. The summed E-state index contributed by atoms with van der Waals surface area (Å²) in [6, 6.07) is 6.96. The molecule has 3 N–H and O–H groups in total. The molecular formula is C13H15N3O2S3. The van der Waals surface area contributed by atoms with E-state index in [9.17, 15) is 8.42 Å². The van der Waals surface area contributed by atoms with Crippen molar-refractivity contribution < 1.29 is 8.42 Å². The molecule has 21 heavy (non-hydrogen) atoms. The van der Waals surface area contributed by atoms with Crippen molar-refractivity contribution in [3.05, 3.63) is 51.5 Å². The molecule has 2 rings (SSSR count). The van der Waals surface area contributed by atoms with Crippen molar-refractivity contribution in [1.29, 1.82) is 0 Å². The minimum atomic E-state index is -3.48. The molecule has 0 aliphatic carbocycles. The number of hydrogen-bond donors (Lipinski definition) is 2. The van der Waals surface area contributed by atoms with Gasteiger partial charge in [0.2, 0.25) is 10.0 Å². The van der Waals surface area contributed by atoms with Crippen LogP contribution in [-0.2, 0) is 22.3 Å². The summed E-state index contributed by atoms with van der Waals surface area (Å²) in [6.45, 7) is 2.06. The average molecular weight is 341 g/mol. The van der Waals surface area contributed by atoms with Crippen LogP contribution in [0.15, 0.2) is 29.6 Å². The zero-order chi connectivity index (χ0) is 15.5. The molecule has 5 nitrogen and oxygen atoms in total. The first-order chi connectivity index (χ1) is 9.87. The Hall–Kier alpha value is -1.35. The quantitative estimate of drug-likeness (QED) is 0.781. The Morgan fingerprint density at radius 2 is 2.14 bits per heavy atom. The van der Waals surface area contributed by atoms with Gasteiger partial charge in [-0.05, 0) is 12.5 Å². The lowest BCUT2D eigenvalue weighted by Crippen LogP contribution is -2.26. The van der Waals surface area contributed by atoms with Gasteiger partial charge in [0.25, 0.3) is 0 Å². The van der Waals surface area contributed by atoms with E-state index in [1.807, 2.05) is 12.3 Å². The molecule has 0 aliphatic rings. The molecule has 0 amide bonds. The first kappa shape index (κ1) is 16.0. The molecule has 2 aromatic rings. The van der Waals surface area contributed by atoms with Gasteiger partial charge in [0.1, 0.15) is 4.99 Å². The normalized spacial score (nSPS) is 11.5. The first-order valence-electron chi connectivity index (χ1n) is 6.13. The molecular weight excluding hydrogens is 326 g/mol. The summed E-state index contributed by atoms with van der Waals surface area (Å²) in [4.78, 5) is 4.41. The van der Waals surface area contributed by atoms with Crippen molar-refractivity contribution in [3.63, 3.8) is 0 Å². The molecule has 0 unspecified atom stereocenters. The Labute approximate surface area is 133 Å². The third-order valence-corrected chi connectivity index (χ3v) is 5.09. The Kier molecular flexibility index (Phi) is 5.04. The summed E-state index contributed by atoms with van der Waals surface area (Å²) in [6.07, 6.45) is 0. The number of hydrogen-bond acceptors (Lipinski definition) is 5. The summed E-state index contributed by atoms with van der Waals surface area (Å²) in [5, 5.41) is 2.74. The van der Waals surface area contributed by atoms with Gasteiger partial charge in [0.05, 0.1) is 23.0 Å². The topological polar surface area (TPSA) is 85.1 Å². The maximum atomic E-state index is 12.1. The molecule has 0 atom stereocenters. The van der Waals surface area contributed by atoms with Crippen LogP contribution < -0.4 is 10.5 Å². The molecule has 0 saturated carbocycles. The van der Waals surface area contributed by atoms with Crippen molar-refractivity contribution in [3.8, 4) is 0 Å². The summed E-state index contributed by atoms with van der Waals surface area (Å²) in [5.74, 6) is -0.163. The fourth-order valence-corrected chi connectivity index (χ4v) is 3.76. The van der Waals surface area contributed by atoms with E-state index < -0.39 is 10.0 Å². The van der Waals surface area contributed by atoms with E-state index in [1.54, 1.807) is 24.3 Å². The number of nitrogens with one attached hydrogen (secondary N) is 1. The maximum absolute atomic E-state index is 12.1. The van der Waals surface area contributed by atoms with Crippen LogP contribution in [0.2, 0.25) is 0 Å². The lowest BCUT2D eigenvalue weighted by atomic mass is 10.1. The van der Waals surface area contributed by atoms with E-state index in [4.69, 9.17) is 18.0 Å². The third kappa shape index (κ3) is 4.57. The molecule has 0 fully saturated rings. The second-order valence-electron chi connectivity index (χ2n) is 4.46. The SMILES string of the molecule is Cc1nc(CNS(=O)(=O)Cc2ccccc2C(N)=S)cs1. The monoisotopic (exact) mass is 341 g/mol. The summed E-state index contributed by atoms with van der Waals surface area (Å²) < 4.78 is 26.8. The number of aryl methyl sites for hydroxylation is 1. The molecule has 0 radical (unpaired) electrons. The van der Waals surface area contributed by atoms with Crippen LogP contribution in [0.25, 0.3) is 0 Å². The summed E-state index contributed by atoms with van der Waals surface area (Å²) in [5.41, 5.74) is 7.50. The molecule has 0 bridgehead atoms. The second kappa shape index (κ2) is 6.61. The summed E-state index contributed by atoms with van der Waals surface area (Å²) in [7, 11) is -3.48. The van der Waals surface area contributed by atoms with Gasteiger partial charge < -0.3 is 5.73 Å². The highest BCUT2D eigenvalue weighted by atomic mass is 32.2. The number of thiocarbonyl (C=S) groups is 1. The van der Waals surface area contributed by atoms with Gasteiger partial charge in [-0.3, -0.25) is 0 Å². The predicted octanol–water partition coefficient (Wildman–Crippen LogP) is 1.71. The minimum absolute atomic E-state index is 0.163. The second-order valence-corrected chi connectivity index (χ2v) is 7.77. The Balaban J connectivity index is 2.09. The molecule has 0 saturated heterocycles. The third-order valence-electron chi connectivity index (χ3n) is 2.77. The molecule has 0 aliphatic heterocycles. The fourth-order valence-electron chi connectivity index (χ4n) is 1.82. The van der Waals surface area contributed by atoms with Gasteiger partial charge in [0.15, 0.2) is 0 Å². The number of sulfonamides is 1. The molecule has 8 heteroatoms. The number of aromatic nitrogens is 1. The predicted molar refractivity (Wildman–Crippen MR) is 88.6 cm³/mol. The van der Waals surface area contributed by atoms with Crippen LogP contribution >= 0.6 is 23.6 Å². The van der Waals surface area contributed by atoms with Gasteiger partial charge in [-0.25, -0.2) is 18.1 Å². The van der Waals surface area contributed by atoms with Gasteiger partial charge in [-0.1, -0.05) is 36.5 Å². The minimum Gasteiger partial charge on any atom is -0.389 e. The lowest BCUT2D eigenvalue weighted by molar-refractivity contribution is 0.579. The molecule has 1 aromatic heterocycles. The van der Waals surface area contributed by atoms with E-state index in [2.05, 4.69) is 9.71 Å². The van der Waals surface area contributed by atoms with Crippen LogP contribution in [0.1, 0.15) is 21.8 Å². The van der Waals surface area contributed by atoms with Crippen molar-refractivity contribution >= 4 is 38.6 Å². The van der Waals surface area contributed by atoms with Crippen molar-refractivity contribution in [1.82, 2.24) is 9.71 Å². The Morgan fingerprint density at radius 1 is 1.43 bits per heavy atom. The van der Waals surface area contributed by atoms with Crippen LogP contribution in [0.4, 0.5) is 0 Å². The van der Waals surface area contributed by atoms with Crippen molar-refractivity contribution in [2.45, 2.75) is 19.2 Å². The zero-order valence-electron chi connectivity index (χ0n) is 11.4. The molecule has 0 spiro atoms. The van der Waals surface area contributed by atoms with Crippen LogP contribution in [0, 0.1) is 6.92 Å². The van der Waals surface area contributed by atoms with Gasteiger partial charge in [0, 0.05) is 10.9 Å². The zero-order valence-corrected chi connectivity index (χ0v) is 13.8. The number of nitrogens with two attached hydrogens (primary N) is 1. The fraction of sp³-hybridized carbons (Fsp3) is 0.231. The highest BCUT2D eigenvalue weighted by Gasteiger charge is 2.15. The van der Waals surface area contributed by atoms with E-state index in [0.29, 0.717) is 16.8 Å². The average Bonchev–Trinajstić information content (AvgIpc) is 2.82. The lowest BCUT2D eigenvalue weighted by Gasteiger charge is -2.09. The van der Waals surface area contributed by atoms with Crippen molar-refractivity contribution in [2.75, 3.05) is 0 Å². The van der Waals surface area contributed by atoms with Gasteiger partial charge in [-0.15, -0.1) is 11.3 Å². The van der Waals surface area contributed by atoms with E-state index >= 15 is 0 Å². The highest BCUT2D eigenvalue weighted by molar-refractivity contribution is 7.88. The number of thiazole rings is 1.